The highest BCUT2D eigenvalue weighted by molar-refractivity contribution is 6.31. The topological polar surface area (TPSA) is 98.7 Å². The molecule has 10 heteroatoms. The van der Waals surface area contributed by atoms with Crippen molar-refractivity contribution in [2.75, 3.05) is 5.32 Å². The number of benzene rings is 2. The molecule has 1 saturated carbocycles. The molecule has 1 aliphatic carbocycles. The first kappa shape index (κ1) is 28.4. The van der Waals surface area contributed by atoms with E-state index in [1.807, 2.05) is 20.8 Å². The van der Waals surface area contributed by atoms with E-state index in [2.05, 4.69) is 10.6 Å². The Morgan fingerprint density at radius 2 is 1.69 bits per heavy atom. The second-order valence-electron chi connectivity index (χ2n) is 12.4. The van der Waals surface area contributed by atoms with E-state index in [-0.39, 0.29) is 46.4 Å². The van der Waals surface area contributed by atoms with Crippen molar-refractivity contribution in [1.29, 1.82) is 0 Å². The van der Waals surface area contributed by atoms with Gasteiger partial charge < -0.3 is 20.8 Å². The lowest BCUT2D eigenvalue weighted by Crippen LogP contribution is -2.49. The monoisotopic (exact) mass is 580 g/mol. The average molecular weight is 581 g/mol. The number of amides is 1. The molecule has 210 valence electrons. The molecule has 6 nitrogen and oxygen atoms in total. The Bertz CT molecular complexity index is 1320. The van der Waals surface area contributed by atoms with E-state index < -0.39 is 53.2 Å². The Hall–Kier alpha value is -2.10. The van der Waals surface area contributed by atoms with Gasteiger partial charge in [0.15, 0.2) is 5.78 Å². The van der Waals surface area contributed by atoms with Gasteiger partial charge in [0.1, 0.15) is 17.0 Å². The first-order valence-corrected chi connectivity index (χ1v) is 13.9. The Morgan fingerprint density at radius 3 is 2.31 bits per heavy atom. The van der Waals surface area contributed by atoms with E-state index in [9.17, 15) is 28.6 Å². The number of anilines is 1. The van der Waals surface area contributed by atoms with Crippen LogP contribution in [0.25, 0.3) is 0 Å². The molecule has 1 unspecified atom stereocenters. The van der Waals surface area contributed by atoms with Gasteiger partial charge in [0.05, 0.1) is 28.3 Å². The van der Waals surface area contributed by atoms with Gasteiger partial charge in [-0.15, -0.1) is 0 Å². The summed E-state index contributed by atoms with van der Waals surface area (Å²) >= 11 is 12.3. The minimum Gasteiger partial charge on any atom is -0.390 e. The lowest BCUT2D eigenvalue weighted by Gasteiger charge is -2.37. The van der Waals surface area contributed by atoms with Crippen LogP contribution >= 0.6 is 23.2 Å². The minimum absolute atomic E-state index is 0.0684. The zero-order valence-electron chi connectivity index (χ0n) is 21.9. The fourth-order valence-corrected chi connectivity index (χ4v) is 7.22. The predicted molar refractivity (Wildman–Crippen MR) is 145 cm³/mol. The molecule has 2 aliphatic heterocycles. The number of rotatable bonds is 5. The molecule has 1 amide bonds. The van der Waals surface area contributed by atoms with Gasteiger partial charge in [0.25, 0.3) is 0 Å². The quantitative estimate of drug-likeness (QED) is 0.394. The second kappa shape index (κ2) is 10.1. The summed E-state index contributed by atoms with van der Waals surface area (Å²) in [7, 11) is 0. The van der Waals surface area contributed by atoms with Crippen molar-refractivity contribution in [3.8, 4) is 0 Å². The lowest BCUT2D eigenvalue weighted by atomic mass is 9.62. The fourth-order valence-electron chi connectivity index (χ4n) is 6.86. The van der Waals surface area contributed by atoms with E-state index in [0.717, 1.165) is 0 Å². The van der Waals surface area contributed by atoms with E-state index in [1.165, 1.54) is 30.3 Å². The molecule has 0 bridgehead atoms. The smallest absolute Gasteiger partial charge is 0.237 e. The van der Waals surface area contributed by atoms with Gasteiger partial charge in [-0.3, -0.25) is 9.59 Å². The molecule has 1 spiro atoms. The van der Waals surface area contributed by atoms with Crippen molar-refractivity contribution in [1.82, 2.24) is 5.32 Å². The van der Waals surface area contributed by atoms with Crippen molar-refractivity contribution >= 4 is 40.6 Å². The summed E-state index contributed by atoms with van der Waals surface area (Å²) in [5.74, 6) is -3.04. The molecule has 2 aromatic rings. The van der Waals surface area contributed by atoms with Crippen LogP contribution < -0.4 is 10.6 Å². The summed E-state index contributed by atoms with van der Waals surface area (Å²) in [6.45, 7) is 6.04. The van der Waals surface area contributed by atoms with E-state index in [0.29, 0.717) is 23.2 Å². The number of carbonyl (C=O) groups excluding carboxylic acids is 2. The van der Waals surface area contributed by atoms with Gasteiger partial charge in [-0.25, -0.2) is 8.78 Å². The molecule has 4 N–H and O–H groups in total. The third kappa shape index (κ3) is 4.88. The number of aliphatic hydroxyl groups is 2. The maximum absolute atomic E-state index is 15.0. The first-order valence-electron chi connectivity index (χ1n) is 13.1. The maximum Gasteiger partial charge on any atom is 0.237 e. The Kier molecular flexibility index (Phi) is 7.34. The molecule has 2 fully saturated rings. The highest BCUT2D eigenvalue weighted by Gasteiger charge is 2.65. The Balaban J connectivity index is 1.69. The molecule has 7 atom stereocenters. The number of hydrogen-bond acceptors (Lipinski definition) is 5. The molecule has 3 aliphatic rings. The number of hydrogen-bond donors (Lipinski definition) is 4. The van der Waals surface area contributed by atoms with Crippen LogP contribution in [0.1, 0.15) is 63.5 Å². The summed E-state index contributed by atoms with van der Waals surface area (Å²) < 4.78 is 29.2. The zero-order chi connectivity index (χ0) is 28.4. The predicted octanol–water partition coefficient (Wildman–Crippen LogP) is 5.11. The summed E-state index contributed by atoms with van der Waals surface area (Å²) in [6, 6.07) is 5.26. The van der Waals surface area contributed by atoms with Crippen molar-refractivity contribution < 1.29 is 28.6 Å². The van der Waals surface area contributed by atoms with Gasteiger partial charge in [0.2, 0.25) is 5.91 Å². The number of halogens is 4. The highest BCUT2D eigenvalue weighted by Crippen LogP contribution is 2.57. The van der Waals surface area contributed by atoms with Gasteiger partial charge in [-0.1, -0.05) is 50.0 Å². The highest BCUT2D eigenvalue weighted by atomic mass is 35.5. The van der Waals surface area contributed by atoms with Gasteiger partial charge in [0, 0.05) is 24.1 Å². The number of carbonyl (C=O) groups is 2. The van der Waals surface area contributed by atoms with Gasteiger partial charge in [-0.2, -0.15) is 0 Å². The van der Waals surface area contributed by atoms with E-state index >= 15 is 0 Å². The van der Waals surface area contributed by atoms with Crippen LogP contribution in [0.2, 0.25) is 10.0 Å². The number of fused-ring (bicyclic) bond motifs is 2. The van der Waals surface area contributed by atoms with Gasteiger partial charge >= 0.3 is 0 Å². The fraction of sp³-hybridized carbons (Fsp3) is 0.517. The second-order valence-corrected chi connectivity index (χ2v) is 13.2. The van der Waals surface area contributed by atoms with Crippen LogP contribution in [0.4, 0.5) is 14.5 Å². The molecule has 2 aromatic carbocycles. The molecular weight excluding hydrogens is 549 g/mol. The maximum atomic E-state index is 15.0. The lowest BCUT2D eigenvalue weighted by molar-refractivity contribution is -0.123. The third-order valence-electron chi connectivity index (χ3n) is 8.43. The van der Waals surface area contributed by atoms with Crippen LogP contribution in [0.5, 0.6) is 0 Å². The van der Waals surface area contributed by atoms with Crippen LogP contribution in [0.3, 0.4) is 0 Å². The van der Waals surface area contributed by atoms with Crippen LogP contribution in [-0.2, 0) is 15.0 Å². The largest absolute Gasteiger partial charge is 0.390 e. The average Bonchev–Trinajstić information content (AvgIpc) is 3.42. The molecule has 5 rings (SSSR count). The van der Waals surface area contributed by atoms with Gasteiger partial charge in [-0.05, 0) is 66.0 Å². The van der Waals surface area contributed by atoms with Crippen molar-refractivity contribution in [2.24, 2.45) is 11.3 Å². The summed E-state index contributed by atoms with van der Waals surface area (Å²) in [5.41, 5.74) is -0.511. The molecule has 2 heterocycles. The summed E-state index contributed by atoms with van der Waals surface area (Å²) in [4.78, 5) is 28.1. The summed E-state index contributed by atoms with van der Waals surface area (Å²) in [5, 5.41) is 26.1. The number of aliphatic hydroxyl groups excluding tert-OH is 2. The SMILES string of the molecule is CC(C)(C)C[C@H]1N[C@@H](C(=O)CC2C[C@@H](O)[C@@H](O)C2)[C@H](c2ccc(F)c(Cl)c2)[C@@]12C(=O)Nc1cc(Cl)c(F)cc12. The third-order valence-corrected chi connectivity index (χ3v) is 9.01. The number of Topliss-reactive ketones (excluding diaryl/α,β-unsaturated/α-hetero) is 1. The zero-order valence-corrected chi connectivity index (χ0v) is 23.4. The normalized spacial score (nSPS) is 32.1. The molecule has 0 aromatic heterocycles. The van der Waals surface area contributed by atoms with E-state index in [1.54, 1.807) is 0 Å². The van der Waals surface area contributed by atoms with Crippen molar-refractivity contribution in [3.05, 3.63) is 63.1 Å². The molecule has 39 heavy (non-hydrogen) atoms. The molecule has 0 radical (unpaired) electrons. The standard InChI is InChI=1S/C29H32Cl2F2N2O4/c1-28(2,3)12-24-29(15-10-19(33)17(31)11-20(15)34-27(29)39)25(14-4-5-18(32)16(30)9-14)26(35-24)23(38)8-13-6-21(36)22(37)7-13/h4-5,9-11,13,21-22,24-26,35-37H,6-8,12H2,1-3H3,(H,34,39)/t13?,21-,22+,24-,25+,26+,29+/m1/s1. The molecular formula is C29H32Cl2F2N2O4. The minimum atomic E-state index is -1.43. The van der Waals surface area contributed by atoms with Crippen molar-refractivity contribution in [2.45, 2.75) is 82.1 Å². The number of nitrogens with one attached hydrogen (secondary N) is 2. The van der Waals surface area contributed by atoms with Crippen LogP contribution in [0, 0.1) is 23.0 Å². The Labute approximate surface area is 236 Å². The summed E-state index contributed by atoms with van der Waals surface area (Å²) in [6.07, 6.45) is -0.691. The molecule has 1 saturated heterocycles. The Morgan fingerprint density at radius 1 is 1.05 bits per heavy atom. The van der Waals surface area contributed by atoms with Crippen LogP contribution in [-0.4, -0.2) is 46.2 Å². The van der Waals surface area contributed by atoms with E-state index in [4.69, 9.17) is 23.2 Å². The first-order chi connectivity index (χ1) is 18.2. The van der Waals surface area contributed by atoms with Crippen LogP contribution in [0.15, 0.2) is 30.3 Å². The van der Waals surface area contributed by atoms with Crippen molar-refractivity contribution in [3.63, 3.8) is 0 Å². The number of ketones is 1.